The number of para-hydroxylation sites is 2. The first-order valence-electron chi connectivity index (χ1n) is 14.1. The summed E-state index contributed by atoms with van der Waals surface area (Å²) in [7, 11) is 0.574. The van der Waals surface area contributed by atoms with E-state index in [0.717, 1.165) is 30.0 Å². The Balaban J connectivity index is 1.77. The van der Waals surface area contributed by atoms with Crippen LogP contribution in [0.2, 0.25) is 0 Å². The number of aryl methyl sites for hydroxylation is 1. The molecule has 3 atom stereocenters. The number of rotatable bonds is 11. The number of benzene rings is 4. The summed E-state index contributed by atoms with van der Waals surface area (Å²) >= 11 is 0. The standard InChI is InChI=1S/C36H42NOP/c1-7-26(3)31-22-16-24-33(34(31)38-25-29-18-11-9-12-19-29)36(6,8-2)39-35-27(4)17-15-23-32(35)28(5)37-30-20-13-10-14-21-30/h9-24,26,39H,7-8,25H2,1-6H3. The van der Waals surface area contributed by atoms with Gasteiger partial charge in [0.1, 0.15) is 12.4 Å². The molecule has 3 heteroatoms. The smallest absolute Gasteiger partial charge is 0.127 e. The Morgan fingerprint density at radius 3 is 2.21 bits per heavy atom. The first kappa shape index (κ1) is 28.8. The van der Waals surface area contributed by atoms with E-state index in [4.69, 9.17) is 9.73 Å². The molecule has 202 valence electrons. The van der Waals surface area contributed by atoms with E-state index >= 15 is 0 Å². The first-order chi connectivity index (χ1) is 18.9. The van der Waals surface area contributed by atoms with Crippen molar-refractivity contribution in [1.82, 2.24) is 0 Å². The fourth-order valence-corrected chi connectivity index (χ4v) is 6.74. The fraction of sp³-hybridized carbons (Fsp3) is 0.306. The average Bonchev–Trinajstić information content (AvgIpc) is 2.97. The molecule has 0 aliphatic carbocycles. The lowest BCUT2D eigenvalue weighted by Gasteiger charge is -2.34. The third-order valence-corrected chi connectivity index (χ3v) is 9.92. The highest BCUT2D eigenvalue weighted by Gasteiger charge is 2.32. The van der Waals surface area contributed by atoms with Gasteiger partial charge in [-0.15, -0.1) is 0 Å². The SMILES string of the molecule is CCC(C)c1cccc(C(C)(CC)Pc2c(C)cccc2C(C)=Nc2ccccc2)c1OCc1ccccc1. The minimum Gasteiger partial charge on any atom is -0.488 e. The molecule has 0 N–H and O–H groups in total. The predicted octanol–water partition coefficient (Wildman–Crippen LogP) is 9.86. The number of aliphatic imine (C=N–C) groups is 1. The van der Waals surface area contributed by atoms with E-state index in [-0.39, 0.29) is 5.16 Å². The van der Waals surface area contributed by atoms with E-state index in [0.29, 0.717) is 21.1 Å². The predicted molar refractivity (Wildman–Crippen MR) is 171 cm³/mol. The van der Waals surface area contributed by atoms with E-state index in [2.05, 4.69) is 120 Å². The number of hydrogen-bond acceptors (Lipinski definition) is 2. The van der Waals surface area contributed by atoms with Gasteiger partial charge in [0.15, 0.2) is 0 Å². The number of nitrogens with zero attached hydrogens (tertiary/aromatic N) is 1. The average molecular weight is 536 g/mol. The minimum absolute atomic E-state index is 0.0800. The highest BCUT2D eigenvalue weighted by Crippen LogP contribution is 2.50. The molecule has 0 spiro atoms. The molecule has 4 aromatic rings. The van der Waals surface area contributed by atoms with Crippen LogP contribution in [0.15, 0.2) is 102 Å². The van der Waals surface area contributed by atoms with Gasteiger partial charge in [0, 0.05) is 22.0 Å². The van der Waals surface area contributed by atoms with Gasteiger partial charge in [0.05, 0.1) is 5.69 Å². The van der Waals surface area contributed by atoms with Crippen molar-refractivity contribution in [2.75, 3.05) is 0 Å². The van der Waals surface area contributed by atoms with Crippen LogP contribution in [0.1, 0.15) is 81.2 Å². The second kappa shape index (κ2) is 13.2. The Morgan fingerprint density at radius 2 is 1.54 bits per heavy atom. The molecule has 39 heavy (non-hydrogen) atoms. The van der Waals surface area contributed by atoms with Crippen LogP contribution in [0.5, 0.6) is 5.75 Å². The molecule has 4 aromatic carbocycles. The second-order valence-corrected chi connectivity index (χ2v) is 12.5. The van der Waals surface area contributed by atoms with Crippen LogP contribution in [0.4, 0.5) is 5.69 Å². The lowest BCUT2D eigenvalue weighted by molar-refractivity contribution is 0.294. The van der Waals surface area contributed by atoms with E-state index < -0.39 is 0 Å². The van der Waals surface area contributed by atoms with Gasteiger partial charge in [-0.3, -0.25) is 4.99 Å². The summed E-state index contributed by atoms with van der Waals surface area (Å²) in [6, 6.07) is 34.1. The molecule has 4 rings (SSSR count). The monoisotopic (exact) mass is 535 g/mol. The van der Waals surface area contributed by atoms with Crippen LogP contribution in [0, 0.1) is 6.92 Å². The summed E-state index contributed by atoms with van der Waals surface area (Å²) in [6.45, 7) is 14.2. The topological polar surface area (TPSA) is 21.6 Å². The lowest BCUT2D eigenvalue weighted by Crippen LogP contribution is -2.24. The molecular weight excluding hydrogens is 493 g/mol. The molecule has 0 amide bonds. The molecule has 0 aromatic heterocycles. The molecule has 0 bridgehead atoms. The van der Waals surface area contributed by atoms with Crippen molar-refractivity contribution in [1.29, 1.82) is 0 Å². The highest BCUT2D eigenvalue weighted by atomic mass is 31.1. The quantitative estimate of drug-likeness (QED) is 0.138. The Labute approximate surface area is 237 Å². The summed E-state index contributed by atoms with van der Waals surface area (Å²) in [6.07, 6.45) is 2.09. The maximum Gasteiger partial charge on any atom is 0.127 e. The Kier molecular flexibility index (Phi) is 9.76. The summed E-state index contributed by atoms with van der Waals surface area (Å²) in [5.74, 6) is 1.49. The maximum atomic E-state index is 6.73. The van der Waals surface area contributed by atoms with Crippen LogP contribution >= 0.6 is 8.58 Å². The summed E-state index contributed by atoms with van der Waals surface area (Å²) in [4.78, 5) is 4.98. The molecule has 3 unspecified atom stereocenters. The van der Waals surface area contributed by atoms with Gasteiger partial charge in [0.2, 0.25) is 0 Å². The van der Waals surface area contributed by atoms with Gasteiger partial charge in [0.25, 0.3) is 0 Å². The van der Waals surface area contributed by atoms with E-state index in [9.17, 15) is 0 Å². The van der Waals surface area contributed by atoms with Gasteiger partial charge in [-0.05, 0) is 66.7 Å². The van der Waals surface area contributed by atoms with Gasteiger partial charge >= 0.3 is 0 Å². The van der Waals surface area contributed by atoms with Crippen molar-refractivity contribution in [2.24, 2.45) is 4.99 Å². The minimum atomic E-state index is -0.0800. The third kappa shape index (κ3) is 6.87. The molecular formula is C36H42NOP. The number of ether oxygens (including phenoxy) is 1. The van der Waals surface area contributed by atoms with Crippen molar-refractivity contribution in [3.05, 3.63) is 125 Å². The molecule has 0 fully saturated rings. The van der Waals surface area contributed by atoms with Crippen LogP contribution in [-0.2, 0) is 11.8 Å². The maximum absolute atomic E-state index is 6.73. The Bertz CT molecular complexity index is 1400. The van der Waals surface area contributed by atoms with Gasteiger partial charge in [-0.2, -0.15) is 0 Å². The van der Waals surface area contributed by atoms with E-state index in [1.165, 1.54) is 33.1 Å². The zero-order valence-electron chi connectivity index (χ0n) is 24.3. The van der Waals surface area contributed by atoms with Crippen molar-refractivity contribution in [3.63, 3.8) is 0 Å². The van der Waals surface area contributed by atoms with E-state index in [1.807, 2.05) is 18.2 Å². The fourth-order valence-electron chi connectivity index (χ4n) is 5.00. The molecule has 0 aliphatic rings. The molecule has 0 saturated heterocycles. The molecule has 0 heterocycles. The molecule has 2 nitrogen and oxygen atoms in total. The normalized spacial score (nSPS) is 14.4. The molecule has 0 saturated carbocycles. The van der Waals surface area contributed by atoms with Crippen molar-refractivity contribution in [2.45, 2.75) is 72.1 Å². The lowest BCUT2D eigenvalue weighted by atomic mass is 9.89. The van der Waals surface area contributed by atoms with Crippen LogP contribution < -0.4 is 10.0 Å². The van der Waals surface area contributed by atoms with Crippen LogP contribution in [0.25, 0.3) is 0 Å². The van der Waals surface area contributed by atoms with Gasteiger partial charge < -0.3 is 4.74 Å². The van der Waals surface area contributed by atoms with Crippen molar-refractivity contribution in [3.8, 4) is 5.75 Å². The van der Waals surface area contributed by atoms with Gasteiger partial charge in [-0.25, -0.2) is 0 Å². The highest BCUT2D eigenvalue weighted by molar-refractivity contribution is 7.49. The second-order valence-electron chi connectivity index (χ2n) is 10.6. The largest absolute Gasteiger partial charge is 0.488 e. The molecule has 0 radical (unpaired) electrons. The third-order valence-electron chi connectivity index (χ3n) is 7.83. The van der Waals surface area contributed by atoms with E-state index in [1.54, 1.807) is 0 Å². The number of hydrogen-bond donors (Lipinski definition) is 0. The Hall–Kier alpha value is -3.22. The zero-order chi connectivity index (χ0) is 27.8. The van der Waals surface area contributed by atoms with Crippen LogP contribution in [-0.4, -0.2) is 5.71 Å². The Morgan fingerprint density at radius 1 is 0.872 bits per heavy atom. The summed E-state index contributed by atoms with van der Waals surface area (Å²) < 4.78 is 6.73. The summed E-state index contributed by atoms with van der Waals surface area (Å²) in [5, 5.41) is 1.31. The first-order valence-corrected chi connectivity index (χ1v) is 15.1. The van der Waals surface area contributed by atoms with Crippen molar-refractivity contribution >= 4 is 25.3 Å². The molecule has 0 aliphatic heterocycles. The van der Waals surface area contributed by atoms with Crippen molar-refractivity contribution < 1.29 is 4.74 Å². The van der Waals surface area contributed by atoms with Crippen LogP contribution in [0.3, 0.4) is 0 Å². The zero-order valence-corrected chi connectivity index (χ0v) is 25.3. The van der Waals surface area contributed by atoms with Gasteiger partial charge in [-0.1, -0.05) is 121 Å². The summed E-state index contributed by atoms with van der Waals surface area (Å²) in [5.41, 5.74) is 8.41.